The molecule has 3 N–H and O–H groups in total. The quantitative estimate of drug-likeness (QED) is 0.540. The molecule has 0 aromatic carbocycles. The number of hydrogen-bond donors (Lipinski definition) is 2. The van der Waals surface area contributed by atoms with Gasteiger partial charge in [0.2, 0.25) is 5.88 Å². The van der Waals surface area contributed by atoms with Gasteiger partial charge in [-0.05, 0) is 6.42 Å². The topological polar surface area (TPSA) is 82.3 Å². The van der Waals surface area contributed by atoms with Gasteiger partial charge in [0, 0.05) is 19.5 Å². The molecular formula is C10H18N4O2. The van der Waals surface area contributed by atoms with Crippen LogP contribution in [0.4, 0.5) is 0 Å². The highest BCUT2D eigenvalue weighted by Gasteiger charge is 2.25. The van der Waals surface area contributed by atoms with Crippen molar-refractivity contribution in [3.05, 3.63) is 18.1 Å². The number of nitrogens with one attached hydrogen (secondary N) is 1. The van der Waals surface area contributed by atoms with Crippen molar-refractivity contribution in [1.29, 1.82) is 0 Å². The summed E-state index contributed by atoms with van der Waals surface area (Å²) >= 11 is 0. The lowest BCUT2D eigenvalue weighted by Crippen LogP contribution is -2.38. The van der Waals surface area contributed by atoms with Crippen LogP contribution in [0.2, 0.25) is 0 Å². The maximum atomic E-state index is 5.53. The van der Waals surface area contributed by atoms with E-state index in [9.17, 15) is 0 Å². The van der Waals surface area contributed by atoms with E-state index in [0.717, 1.165) is 6.42 Å². The summed E-state index contributed by atoms with van der Waals surface area (Å²) in [6.07, 6.45) is 3.91. The van der Waals surface area contributed by atoms with Crippen LogP contribution in [0.25, 0.3) is 0 Å². The maximum absolute atomic E-state index is 5.53. The van der Waals surface area contributed by atoms with E-state index in [1.807, 2.05) is 6.92 Å². The number of nitrogens with zero attached hydrogens (tertiary/aromatic N) is 2. The first-order chi connectivity index (χ1) is 7.78. The molecule has 2 atom stereocenters. The van der Waals surface area contributed by atoms with Crippen molar-refractivity contribution < 1.29 is 9.47 Å². The monoisotopic (exact) mass is 226 g/mol. The average Bonchev–Trinajstić information content (AvgIpc) is 2.35. The second-order valence-corrected chi connectivity index (χ2v) is 3.28. The molecule has 0 aliphatic carbocycles. The second kappa shape index (κ2) is 6.37. The van der Waals surface area contributed by atoms with Crippen LogP contribution in [-0.4, -0.2) is 30.3 Å². The number of methoxy groups -OCH3 is 2. The van der Waals surface area contributed by atoms with E-state index in [2.05, 4.69) is 15.4 Å². The molecule has 2 unspecified atom stereocenters. The van der Waals surface area contributed by atoms with Gasteiger partial charge < -0.3 is 9.47 Å². The Morgan fingerprint density at radius 2 is 2.06 bits per heavy atom. The van der Waals surface area contributed by atoms with Crippen molar-refractivity contribution in [2.45, 2.75) is 25.5 Å². The van der Waals surface area contributed by atoms with Crippen LogP contribution < -0.4 is 16.0 Å². The number of rotatable bonds is 6. The number of nitrogens with two attached hydrogens (primary N) is 1. The van der Waals surface area contributed by atoms with Crippen LogP contribution in [0.3, 0.4) is 0 Å². The molecule has 0 aliphatic rings. The highest BCUT2D eigenvalue weighted by atomic mass is 16.5. The van der Waals surface area contributed by atoms with Gasteiger partial charge in [0.05, 0.1) is 19.3 Å². The molecule has 0 amide bonds. The van der Waals surface area contributed by atoms with Gasteiger partial charge in [-0.1, -0.05) is 6.92 Å². The Balaban J connectivity index is 3.02. The van der Waals surface area contributed by atoms with Crippen molar-refractivity contribution in [2.75, 3.05) is 14.2 Å². The minimum Gasteiger partial charge on any atom is -0.480 e. The van der Waals surface area contributed by atoms with Gasteiger partial charge in [-0.25, -0.2) is 10.4 Å². The molecule has 0 saturated carbocycles. The van der Waals surface area contributed by atoms with Crippen molar-refractivity contribution >= 4 is 0 Å². The SMILES string of the molecule is CCC(OC)C(NN)c1nccnc1OC. The molecule has 1 aromatic rings. The molecule has 0 aliphatic heterocycles. The summed E-state index contributed by atoms with van der Waals surface area (Å²) in [5, 5.41) is 0. The Labute approximate surface area is 95.1 Å². The minimum absolute atomic E-state index is 0.0735. The zero-order valence-electron chi connectivity index (χ0n) is 9.80. The molecule has 1 aromatic heterocycles. The highest BCUT2D eigenvalue weighted by molar-refractivity contribution is 5.22. The highest BCUT2D eigenvalue weighted by Crippen LogP contribution is 2.24. The summed E-state index contributed by atoms with van der Waals surface area (Å²) in [7, 11) is 3.19. The fourth-order valence-electron chi connectivity index (χ4n) is 1.61. The van der Waals surface area contributed by atoms with Crippen molar-refractivity contribution in [2.24, 2.45) is 5.84 Å². The van der Waals surface area contributed by atoms with Crippen molar-refractivity contribution in [1.82, 2.24) is 15.4 Å². The Morgan fingerprint density at radius 1 is 1.38 bits per heavy atom. The lowest BCUT2D eigenvalue weighted by Gasteiger charge is -2.24. The van der Waals surface area contributed by atoms with Crippen LogP contribution in [0.15, 0.2) is 12.4 Å². The summed E-state index contributed by atoms with van der Waals surface area (Å²) in [5.41, 5.74) is 3.34. The number of hydrogen-bond acceptors (Lipinski definition) is 6. The molecule has 6 nitrogen and oxygen atoms in total. The molecule has 0 radical (unpaired) electrons. The summed E-state index contributed by atoms with van der Waals surface area (Å²) < 4.78 is 10.5. The maximum Gasteiger partial charge on any atom is 0.237 e. The van der Waals surface area contributed by atoms with Crippen molar-refractivity contribution in [3.63, 3.8) is 0 Å². The molecule has 6 heteroatoms. The van der Waals surface area contributed by atoms with Crippen molar-refractivity contribution in [3.8, 4) is 5.88 Å². The van der Waals surface area contributed by atoms with Gasteiger partial charge in [-0.3, -0.25) is 10.8 Å². The standard InChI is InChI=1S/C10H18N4O2/c1-4-7(15-2)8(14-11)9-10(16-3)13-6-5-12-9/h5-8,14H,4,11H2,1-3H3. The molecule has 0 spiro atoms. The molecule has 0 bridgehead atoms. The predicted octanol–water partition coefficient (Wildman–Crippen LogP) is 0.415. The molecule has 1 heterocycles. The predicted molar refractivity (Wildman–Crippen MR) is 59.7 cm³/mol. The van der Waals surface area contributed by atoms with E-state index in [0.29, 0.717) is 11.6 Å². The third-order valence-corrected chi connectivity index (χ3v) is 2.44. The first-order valence-electron chi connectivity index (χ1n) is 5.12. The molecule has 0 fully saturated rings. The Hall–Kier alpha value is -1.24. The first kappa shape index (κ1) is 12.8. The third kappa shape index (κ3) is 2.66. The number of hydrazine groups is 1. The first-order valence-corrected chi connectivity index (χ1v) is 5.12. The second-order valence-electron chi connectivity index (χ2n) is 3.28. The zero-order valence-corrected chi connectivity index (χ0v) is 9.80. The summed E-state index contributed by atoms with van der Waals surface area (Å²) in [4.78, 5) is 8.31. The van der Waals surface area contributed by atoms with Gasteiger partial charge in [0.1, 0.15) is 5.69 Å². The lowest BCUT2D eigenvalue weighted by molar-refractivity contribution is 0.0626. The summed E-state index contributed by atoms with van der Waals surface area (Å²) in [6.45, 7) is 2.02. The molecule has 0 saturated heterocycles. The van der Waals surface area contributed by atoms with E-state index < -0.39 is 0 Å². The smallest absolute Gasteiger partial charge is 0.237 e. The molecule has 90 valence electrons. The third-order valence-electron chi connectivity index (χ3n) is 2.44. The normalized spacial score (nSPS) is 14.5. The zero-order chi connectivity index (χ0) is 12.0. The minimum atomic E-state index is -0.237. The van der Waals surface area contributed by atoms with Crippen LogP contribution in [0, 0.1) is 0 Å². The van der Waals surface area contributed by atoms with Crippen LogP contribution in [0.1, 0.15) is 25.1 Å². The van der Waals surface area contributed by atoms with Gasteiger partial charge in [-0.15, -0.1) is 0 Å². The van der Waals surface area contributed by atoms with Gasteiger partial charge in [0.15, 0.2) is 0 Å². The Bertz CT molecular complexity index is 317. The van der Waals surface area contributed by atoms with E-state index in [1.54, 1.807) is 26.6 Å². The van der Waals surface area contributed by atoms with E-state index in [4.69, 9.17) is 15.3 Å². The summed E-state index contributed by atoms with van der Waals surface area (Å²) in [6, 6.07) is -0.237. The van der Waals surface area contributed by atoms with E-state index in [1.165, 1.54) is 0 Å². The number of aromatic nitrogens is 2. The van der Waals surface area contributed by atoms with Gasteiger partial charge in [0.25, 0.3) is 0 Å². The van der Waals surface area contributed by atoms with Crippen LogP contribution in [0.5, 0.6) is 5.88 Å². The fourth-order valence-corrected chi connectivity index (χ4v) is 1.61. The van der Waals surface area contributed by atoms with Gasteiger partial charge in [-0.2, -0.15) is 0 Å². The largest absolute Gasteiger partial charge is 0.480 e. The van der Waals surface area contributed by atoms with Gasteiger partial charge >= 0.3 is 0 Å². The summed E-state index contributed by atoms with van der Waals surface area (Å²) in [5.74, 6) is 5.99. The molecule has 16 heavy (non-hydrogen) atoms. The average molecular weight is 226 g/mol. The molecule has 1 rings (SSSR count). The van der Waals surface area contributed by atoms with E-state index >= 15 is 0 Å². The number of ether oxygens (including phenoxy) is 2. The fraction of sp³-hybridized carbons (Fsp3) is 0.600. The Kier molecular flexibility index (Phi) is 5.10. The lowest BCUT2D eigenvalue weighted by atomic mass is 10.1. The molecular weight excluding hydrogens is 208 g/mol. The van der Waals surface area contributed by atoms with Crippen LogP contribution >= 0.6 is 0 Å². The van der Waals surface area contributed by atoms with E-state index in [-0.39, 0.29) is 12.1 Å². The Morgan fingerprint density at radius 3 is 2.56 bits per heavy atom. The van der Waals surface area contributed by atoms with Crippen LogP contribution in [-0.2, 0) is 4.74 Å².